The molecule has 0 aromatic heterocycles. The van der Waals surface area contributed by atoms with E-state index < -0.39 is 5.97 Å². The minimum atomic E-state index is -0.941. The topological polar surface area (TPSA) is 37.3 Å². The molecule has 0 fully saturated rings. The van der Waals surface area contributed by atoms with Crippen LogP contribution >= 0.6 is 0 Å². The van der Waals surface area contributed by atoms with Gasteiger partial charge in [-0.2, -0.15) is 0 Å². The summed E-state index contributed by atoms with van der Waals surface area (Å²) < 4.78 is 0. The van der Waals surface area contributed by atoms with Crippen molar-refractivity contribution in [3.8, 4) is 0 Å². The van der Waals surface area contributed by atoms with Gasteiger partial charge in [-0.3, -0.25) is 0 Å². The van der Waals surface area contributed by atoms with Gasteiger partial charge in [-0.1, -0.05) is 112 Å². The summed E-state index contributed by atoms with van der Waals surface area (Å²) in [5.74, 6) is -0.941. The Morgan fingerprint density at radius 3 is 1.62 bits per heavy atom. The fraction of sp³-hybridized carbons (Fsp3) is 0.318. The lowest BCUT2D eigenvalue weighted by atomic mass is 10.1. The maximum absolute atomic E-state index is 10.2. The smallest absolute Gasteiger partial charge is 0.328 e. The molecule has 0 aromatic carbocycles. The first kappa shape index (κ1) is 21.6. The first-order chi connectivity index (χ1) is 11.8. The molecule has 0 saturated heterocycles. The van der Waals surface area contributed by atoms with E-state index in [1.54, 1.807) is 12.2 Å². The highest BCUT2D eigenvalue weighted by atomic mass is 16.4. The van der Waals surface area contributed by atoms with Gasteiger partial charge >= 0.3 is 5.97 Å². The molecule has 0 unspecified atom stereocenters. The molecule has 0 atom stereocenters. The van der Waals surface area contributed by atoms with Crippen molar-refractivity contribution in [1.82, 2.24) is 0 Å². The Labute approximate surface area is 147 Å². The predicted molar refractivity (Wildman–Crippen MR) is 105 cm³/mol. The molecule has 0 saturated carbocycles. The molecule has 0 rings (SSSR count). The van der Waals surface area contributed by atoms with Crippen molar-refractivity contribution in [1.29, 1.82) is 0 Å². The molecule has 2 heteroatoms. The molecule has 0 bridgehead atoms. The van der Waals surface area contributed by atoms with Crippen LogP contribution in [0.5, 0.6) is 0 Å². The lowest BCUT2D eigenvalue weighted by molar-refractivity contribution is -0.131. The monoisotopic (exact) mass is 326 g/mol. The number of hydrogen-bond donors (Lipinski definition) is 1. The van der Waals surface area contributed by atoms with E-state index in [-0.39, 0.29) is 0 Å². The zero-order chi connectivity index (χ0) is 17.7. The predicted octanol–water partition coefficient (Wildman–Crippen LogP) is 6.32. The second-order valence-electron chi connectivity index (χ2n) is 5.25. The highest BCUT2D eigenvalue weighted by Crippen LogP contribution is 2.05. The fourth-order valence-corrected chi connectivity index (χ4v) is 1.82. The van der Waals surface area contributed by atoms with E-state index in [0.29, 0.717) is 0 Å². The number of allylic oxidation sites excluding steroid dienone is 13. The number of unbranched alkanes of at least 4 members (excludes halogenated alkanes) is 5. The lowest BCUT2D eigenvalue weighted by Gasteiger charge is -1.95. The summed E-state index contributed by atoms with van der Waals surface area (Å²) in [7, 11) is 0. The first-order valence-electron chi connectivity index (χ1n) is 8.67. The molecule has 0 amide bonds. The van der Waals surface area contributed by atoms with Gasteiger partial charge < -0.3 is 5.11 Å². The summed E-state index contributed by atoms with van der Waals surface area (Å²) >= 11 is 0. The van der Waals surface area contributed by atoms with Crippen LogP contribution in [0.4, 0.5) is 0 Å². The maximum atomic E-state index is 10.2. The van der Waals surface area contributed by atoms with E-state index in [4.69, 9.17) is 5.11 Å². The van der Waals surface area contributed by atoms with Crippen LogP contribution in [0.25, 0.3) is 0 Å². The number of aliphatic carboxylic acids is 1. The zero-order valence-corrected chi connectivity index (χ0v) is 14.7. The molecular weight excluding hydrogens is 296 g/mol. The van der Waals surface area contributed by atoms with Crippen molar-refractivity contribution in [3.05, 3.63) is 85.1 Å². The Bertz CT molecular complexity index is 500. The van der Waals surface area contributed by atoms with Gasteiger partial charge in [0.25, 0.3) is 0 Å². The summed E-state index contributed by atoms with van der Waals surface area (Å²) in [4.78, 5) is 10.2. The molecule has 0 aliphatic heterocycles. The van der Waals surface area contributed by atoms with Crippen LogP contribution in [0, 0.1) is 0 Å². The molecule has 0 aromatic rings. The highest BCUT2D eigenvalue weighted by molar-refractivity contribution is 5.80. The fourth-order valence-electron chi connectivity index (χ4n) is 1.82. The van der Waals surface area contributed by atoms with E-state index in [0.717, 1.165) is 12.5 Å². The number of carboxylic acids is 1. The third-order valence-electron chi connectivity index (χ3n) is 3.07. The van der Waals surface area contributed by atoms with Gasteiger partial charge in [-0.25, -0.2) is 4.79 Å². The van der Waals surface area contributed by atoms with Gasteiger partial charge in [-0.15, -0.1) is 0 Å². The molecule has 0 aliphatic rings. The number of hydrogen-bond acceptors (Lipinski definition) is 1. The highest BCUT2D eigenvalue weighted by Gasteiger charge is 1.85. The van der Waals surface area contributed by atoms with E-state index in [2.05, 4.69) is 19.1 Å². The van der Waals surface area contributed by atoms with Gasteiger partial charge in [-0.05, 0) is 12.8 Å². The maximum Gasteiger partial charge on any atom is 0.328 e. The Balaban J connectivity index is 3.70. The van der Waals surface area contributed by atoms with Crippen molar-refractivity contribution in [2.75, 3.05) is 0 Å². The number of rotatable bonds is 13. The number of carbonyl (C=O) groups is 1. The molecular formula is C22H30O2. The SMILES string of the molecule is CCCCCCCC=CC=C/C=C/C=C\C=C\C=CC=CC(=O)O. The van der Waals surface area contributed by atoms with Crippen molar-refractivity contribution in [2.45, 2.75) is 45.4 Å². The Kier molecular flexibility index (Phi) is 16.9. The van der Waals surface area contributed by atoms with Crippen LogP contribution < -0.4 is 0 Å². The van der Waals surface area contributed by atoms with Crippen molar-refractivity contribution < 1.29 is 9.90 Å². The van der Waals surface area contributed by atoms with Crippen LogP contribution in [0.2, 0.25) is 0 Å². The Hall–Kier alpha value is -2.35. The standard InChI is InChI=1S/C22H30O2/c1-2-3-4-5-6-7-8-9-10-11-12-13-14-15-16-17-18-19-20-21-22(23)24/h8-21H,2-7H2,1H3,(H,23,24)/b9-8?,11-10?,13-12+,15-14-,17-16+,19-18?,21-20?. The average molecular weight is 326 g/mol. The summed E-state index contributed by atoms with van der Waals surface area (Å²) in [5, 5.41) is 8.39. The lowest BCUT2D eigenvalue weighted by Crippen LogP contribution is -1.84. The Morgan fingerprint density at radius 1 is 0.667 bits per heavy atom. The summed E-state index contributed by atoms with van der Waals surface area (Å²) in [6.45, 7) is 2.24. The molecule has 1 N–H and O–H groups in total. The van der Waals surface area contributed by atoms with Crippen LogP contribution in [-0.2, 0) is 4.79 Å². The molecule has 0 heterocycles. The minimum Gasteiger partial charge on any atom is -0.478 e. The van der Waals surface area contributed by atoms with Gasteiger partial charge in [0.1, 0.15) is 0 Å². The third-order valence-corrected chi connectivity index (χ3v) is 3.07. The molecule has 130 valence electrons. The van der Waals surface area contributed by atoms with E-state index >= 15 is 0 Å². The van der Waals surface area contributed by atoms with Gasteiger partial charge in [0, 0.05) is 6.08 Å². The van der Waals surface area contributed by atoms with Crippen LogP contribution in [0.3, 0.4) is 0 Å². The van der Waals surface area contributed by atoms with Crippen molar-refractivity contribution in [2.24, 2.45) is 0 Å². The van der Waals surface area contributed by atoms with E-state index in [9.17, 15) is 4.79 Å². The molecule has 0 aliphatic carbocycles. The van der Waals surface area contributed by atoms with Crippen molar-refractivity contribution >= 4 is 5.97 Å². The summed E-state index contributed by atoms with van der Waals surface area (Å²) in [6.07, 6.45) is 33.8. The summed E-state index contributed by atoms with van der Waals surface area (Å²) in [5.41, 5.74) is 0. The second-order valence-corrected chi connectivity index (χ2v) is 5.25. The third kappa shape index (κ3) is 19.7. The van der Waals surface area contributed by atoms with E-state index in [1.807, 2.05) is 48.6 Å². The van der Waals surface area contributed by atoms with Gasteiger partial charge in [0.15, 0.2) is 0 Å². The van der Waals surface area contributed by atoms with Gasteiger partial charge in [0.05, 0.1) is 0 Å². The molecule has 0 spiro atoms. The quantitative estimate of drug-likeness (QED) is 0.244. The van der Waals surface area contributed by atoms with Gasteiger partial charge in [0.2, 0.25) is 0 Å². The molecule has 0 radical (unpaired) electrons. The van der Waals surface area contributed by atoms with Crippen LogP contribution in [0.15, 0.2) is 85.1 Å². The van der Waals surface area contributed by atoms with E-state index in [1.165, 1.54) is 38.2 Å². The first-order valence-corrected chi connectivity index (χ1v) is 8.67. The largest absolute Gasteiger partial charge is 0.478 e. The van der Waals surface area contributed by atoms with Crippen molar-refractivity contribution in [3.63, 3.8) is 0 Å². The number of carboxylic acid groups (broad SMARTS) is 1. The average Bonchev–Trinajstić information content (AvgIpc) is 2.56. The molecule has 2 nitrogen and oxygen atoms in total. The molecule has 24 heavy (non-hydrogen) atoms. The summed E-state index contributed by atoms with van der Waals surface area (Å²) in [6, 6.07) is 0. The zero-order valence-electron chi connectivity index (χ0n) is 14.7. The van der Waals surface area contributed by atoms with Crippen LogP contribution in [-0.4, -0.2) is 11.1 Å². The normalized spacial score (nSPS) is 13.4. The van der Waals surface area contributed by atoms with Crippen LogP contribution in [0.1, 0.15) is 45.4 Å². The minimum absolute atomic E-state index is 0.941. The second kappa shape index (κ2) is 18.7. The Morgan fingerprint density at radius 2 is 1.12 bits per heavy atom.